The van der Waals surface area contributed by atoms with Crippen molar-refractivity contribution in [3.8, 4) is 73.0 Å². The fourth-order valence-corrected chi connectivity index (χ4v) is 13.7. The van der Waals surface area contributed by atoms with Crippen LogP contribution in [0.15, 0.2) is 196 Å². The van der Waals surface area contributed by atoms with Gasteiger partial charge in [0.05, 0.1) is 116 Å². The van der Waals surface area contributed by atoms with E-state index >= 15 is 0 Å². The minimum absolute atomic E-state index is 0.00553. The van der Waals surface area contributed by atoms with Gasteiger partial charge >= 0.3 is 0 Å². The highest BCUT2D eigenvalue weighted by Gasteiger charge is 2.33. The first kappa shape index (κ1) is 78.0. The number of nitrogens with one attached hydrogen (secondary N) is 4. The third kappa shape index (κ3) is 19.0. The van der Waals surface area contributed by atoms with Crippen molar-refractivity contribution in [2.75, 3.05) is 39.1 Å². The lowest BCUT2D eigenvalue weighted by molar-refractivity contribution is -0.137. The number of nitrogens with zero attached hydrogens (tertiary/aromatic N) is 15. The minimum atomic E-state index is -0.0633. The van der Waals surface area contributed by atoms with Crippen LogP contribution in [-0.2, 0) is 16.2 Å². The van der Waals surface area contributed by atoms with Gasteiger partial charge in [0.15, 0.2) is 0 Å². The molecule has 12 aromatic rings. The standard InChI is InChI=1S/C24H25N5O3.C24H25N5O2.C21H23N5O.C20H20N4O2/c1-15-3-4-17(24(31)27-19-5-6-19)7-23(15)18-9-26-29(12-18)20-8-21(11-25-10-20)32-22-13-28(14-22)16(2)30;1-15-3-4-16(24(31)27-19-5-6-19)10-21(15)18-12-26-29(14-18)20-9-17(11-25-13-20)22-7-8-23(30)28(22)2;1-14-4-5-15(21(27)24-17-6-7-17)8-20(14)16-10-23-26(13-16)19-9-18(25(2)3)11-22-12-19;1-13-2-3-15(20(26)23-17-4-5-17)7-19(13)16-9-22-24(11-16)18-6-14(12-25)8-21-10-18/h3-4,7-12,19,22H,5-6,13-14H2,1-2H3,(H,27,31);3-4,9-14,19,22H,5-8H2,1-2H3,(H,27,31);4-5,8-13,17H,6-7H2,1-3H3,(H,24,27);2-3,6-11,17,25H,4-5,12H2,1H3,(H,23,26). The van der Waals surface area contributed by atoms with Gasteiger partial charge in [-0.25, -0.2) is 18.7 Å². The van der Waals surface area contributed by atoms with Gasteiger partial charge in [-0.1, -0.05) is 24.3 Å². The van der Waals surface area contributed by atoms with Crippen molar-refractivity contribution >= 4 is 41.1 Å². The van der Waals surface area contributed by atoms with Gasteiger partial charge in [0, 0.05) is 146 Å². The maximum absolute atomic E-state index is 12.5. The molecule has 5 N–H and O–H groups in total. The van der Waals surface area contributed by atoms with Crippen LogP contribution in [0.2, 0.25) is 0 Å². The summed E-state index contributed by atoms with van der Waals surface area (Å²) >= 11 is 0. The second-order valence-electron chi connectivity index (χ2n) is 30.9. The summed E-state index contributed by atoms with van der Waals surface area (Å²) in [6.07, 6.45) is 38.8. The topological polar surface area (TPSA) is 313 Å². The van der Waals surface area contributed by atoms with Crippen molar-refractivity contribution in [1.82, 2.24) is 90.1 Å². The highest BCUT2D eigenvalue weighted by Crippen LogP contribution is 2.35. The molecule has 0 bridgehead atoms. The van der Waals surface area contributed by atoms with E-state index in [9.17, 15) is 33.9 Å². The van der Waals surface area contributed by atoms with Gasteiger partial charge < -0.3 is 45.8 Å². The van der Waals surface area contributed by atoms with Gasteiger partial charge in [-0.15, -0.1) is 0 Å². The fraction of sp³-hybridized carbons (Fsp3) is 0.303. The molecular weight excluding hydrogens is 1460 g/mol. The molecule has 0 radical (unpaired) electrons. The summed E-state index contributed by atoms with van der Waals surface area (Å²) in [4.78, 5) is 95.5. The number of carbonyl (C=O) groups excluding carboxylic acids is 6. The van der Waals surface area contributed by atoms with Crippen LogP contribution in [0, 0.1) is 27.7 Å². The Morgan fingerprint density at radius 3 is 1.17 bits per heavy atom. The number of likely N-dealkylation sites (tertiary alicyclic amines) is 2. The average molecular weight is 1560 g/mol. The van der Waals surface area contributed by atoms with Crippen LogP contribution < -0.4 is 30.9 Å². The molecular formula is C89H93N19O8. The van der Waals surface area contributed by atoms with Gasteiger partial charge in [-0.3, -0.25) is 48.7 Å². The SMILES string of the molecule is CC(=O)N1CC(Oc2cncc(-n3cc(-c4cc(C(=O)NC5CC5)ccc4C)cn3)c2)C1.Cc1ccc(C(=O)NC2CC2)cc1-c1cnn(-c2cncc(C3CCC(=O)N3C)c2)c1.Cc1ccc(C(=O)NC2CC2)cc1-c1cnn(-c2cncc(CO)c2)c1.Cc1ccc(C(=O)NC2CC2)cc1-c1cnn(-c2cncc(N(C)C)c2)c1. The molecule has 6 amide bonds. The molecule has 2 saturated heterocycles. The molecule has 6 aliphatic rings. The molecule has 8 aromatic heterocycles. The Balaban J connectivity index is 0.000000122. The van der Waals surface area contributed by atoms with Crippen molar-refractivity contribution < 1.29 is 38.6 Å². The van der Waals surface area contributed by atoms with Gasteiger partial charge in [-0.05, 0) is 208 Å². The first-order chi connectivity index (χ1) is 56.1. The van der Waals surface area contributed by atoms with Gasteiger partial charge in [0.2, 0.25) is 11.8 Å². The van der Waals surface area contributed by atoms with E-state index in [0.29, 0.717) is 71.7 Å². The highest BCUT2D eigenvalue weighted by atomic mass is 16.5. The highest BCUT2D eigenvalue weighted by molar-refractivity contribution is 5.98. The van der Waals surface area contributed by atoms with Crippen LogP contribution in [0.3, 0.4) is 0 Å². The number of hydrogen-bond donors (Lipinski definition) is 5. The average Bonchev–Trinajstić information content (AvgIpc) is 1.68. The van der Waals surface area contributed by atoms with E-state index in [4.69, 9.17) is 4.74 Å². The summed E-state index contributed by atoms with van der Waals surface area (Å²) in [5.74, 6) is 0.776. The first-order valence-electron chi connectivity index (χ1n) is 39.2. The lowest BCUT2D eigenvalue weighted by Crippen LogP contribution is -2.55. The molecule has 1 atom stereocenters. The Hall–Kier alpha value is -13.3. The monoisotopic (exact) mass is 1560 g/mol. The normalized spacial score (nSPS) is 15.5. The van der Waals surface area contributed by atoms with Gasteiger partial charge in [0.25, 0.3) is 23.6 Å². The van der Waals surface area contributed by atoms with Crippen molar-refractivity contribution in [2.45, 2.75) is 142 Å². The molecule has 0 spiro atoms. The number of hydrogen-bond acceptors (Lipinski definition) is 17. The van der Waals surface area contributed by atoms with E-state index in [1.165, 1.54) is 0 Å². The largest absolute Gasteiger partial charge is 0.485 e. The van der Waals surface area contributed by atoms with E-state index in [1.54, 1.807) is 80.3 Å². The molecule has 4 aliphatic carbocycles. The zero-order chi connectivity index (χ0) is 80.8. The first-order valence-corrected chi connectivity index (χ1v) is 39.2. The summed E-state index contributed by atoms with van der Waals surface area (Å²) in [6.45, 7) is 10.8. The van der Waals surface area contributed by atoms with E-state index in [0.717, 1.165) is 164 Å². The van der Waals surface area contributed by atoms with E-state index < -0.39 is 0 Å². The zero-order valence-electron chi connectivity index (χ0n) is 66.1. The number of rotatable bonds is 21. The molecule has 18 rings (SSSR count). The second kappa shape index (κ2) is 34.2. The third-order valence-corrected chi connectivity index (χ3v) is 21.4. The summed E-state index contributed by atoms with van der Waals surface area (Å²) in [7, 11) is 5.81. The van der Waals surface area contributed by atoms with E-state index in [2.05, 4.69) is 61.6 Å². The molecule has 6 fully saturated rings. The third-order valence-electron chi connectivity index (χ3n) is 21.4. The number of aliphatic hydroxyl groups is 1. The minimum Gasteiger partial charge on any atom is -0.485 e. The molecule has 10 heterocycles. The van der Waals surface area contributed by atoms with Crippen molar-refractivity contribution in [2.24, 2.45) is 0 Å². The van der Waals surface area contributed by atoms with Gasteiger partial charge in [-0.2, -0.15) is 20.4 Å². The van der Waals surface area contributed by atoms with Crippen LogP contribution >= 0.6 is 0 Å². The smallest absolute Gasteiger partial charge is 0.251 e. The zero-order valence-corrected chi connectivity index (χ0v) is 66.1. The van der Waals surface area contributed by atoms with Crippen LogP contribution in [0.4, 0.5) is 5.69 Å². The predicted octanol–water partition coefficient (Wildman–Crippen LogP) is 12.0. The molecule has 27 nitrogen and oxygen atoms in total. The Bertz CT molecular complexity index is 5660. The number of aryl methyl sites for hydroxylation is 4. The number of anilines is 1. The number of pyridine rings is 4. The molecule has 4 saturated carbocycles. The van der Waals surface area contributed by atoms with Crippen molar-refractivity contribution in [3.05, 3.63) is 252 Å². The number of aromatic nitrogens is 12. The molecule has 2 aliphatic heterocycles. The summed E-state index contributed by atoms with van der Waals surface area (Å²) < 4.78 is 13.0. The lowest BCUT2D eigenvalue weighted by Gasteiger charge is -2.38. The van der Waals surface area contributed by atoms with Gasteiger partial charge in [0.1, 0.15) is 11.9 Å². The molecule has 116 heavy (non-hydrogen) atoms. The van der Waals surface area contributed by atoms with Crippen LogP contribution in [0.5, 0.6) is 5.75 Å². The molecule has 1 unspecified atom stereocenters. The van der Waals surface area contributed by atoms with Crippen LogP contribution in [-0.4, -0.2) is 174 Å². The number of aliphatic hydroxyl groups excluding tert-OH is 1. The Kier molecular flexibility index (Phi) is 23.0. The maximum atomic E-state index is 12.5. The number of ether oxygens (including phenoxy) is 1. The second-order valence-corrected chi connectivity index (χ2v) is 30.9. The number of carbonyl (C=O) groups is 6. The molecule has 592 valence electrons. The number of amides is 6. The van der Waals surface area contributed by atoms with E-state index in [-0.39, 0.29) is 54.2 Å². The fourth-order valence-electron chi connectivity index (χ4n) is 13.7. The maximum Gasteiger partial charge on any atom is 0.251 e. The Labute approximate surface area is 672 Å². The Morgan fingerprint density at radius 2 is 0.810 bits per heavy atom. The number of benzene rings is 4. The van der Waals surface area contributed by atoms with Crippen LogP contribution in [0.1, 0.15) is 152 Å². The lowest BCUT2D eigenvalue weighted by atomic mass is 10.00. The van der Waals surface area contributed by atoms with Crippen LogP contribution in [0.25, 0.3) is 67.3 Å². The van der Waals surface area contributed by atoms with E-state index in [1.807, 2.05) is 205 Å². The molecule has 4 aromatic carbocycles. The summed E-state index contributed by atoms with van der Waals surface area (Å²) in [5.41, 5.74) is 20.8. The quantitative estimate of drug-likeness (QED) is 0.0446. The molecule has 27 heteroatoms. The van der Waals surface area contributed by atoms with Crippen molar-refractivity contribution in [3.63, 3.8) is 0 Å². The van der Waals surface area contributed by atoms with Crippen molar-refractivity contribution in [1.29, 1.82) is 0 Å². The summed E-state index contributed by atoms with van der Waals surface area (Å²) in [6, 6.07) is 32.3. The predicted molar refractivity (Wildman–Crippen MR) is 440 cm³/mol. The summed E-state index contributed by atoms with van der Waals surface area (Å²) in [5, 5.41) is 39.3. The Morgan fingerprint density at radius 1 is 0.448 bits per heavy atom.